The molecular weight excluding hydrogens is 459 g/mol. The molecule has 0 aromatic heterocycles. The number of halogens is 2. The van der Waals surface area contributed by atoms with E-state index in [0.29, 0.717) is 0 Å². The number of hydrogen-bond acceptors (Lipinski definition) is 0. The molecule has 186 valence electrons. The van der Waals surface area contributed by atoms with Crippen LogP contribution in [-0.4, -0.2) is 50.2 Å². The van der Waals surface area contributed by atoms with E-state index in [1.807, 2.05) is 0 Å². The van der Waals surface area contributed by atoms with Crippen molar-refractivity contribution < 1.29 is 33.8 Å². The lowest BCUT2D eigenvalue weighted by atomic mass is 10.1. The van der Waals surface area contributed by atoms with E-state index in [0.717, 1.165) is 48.0 Å². The van der Waals surface area contributed by atoms with Crippen molar-refractivity contribution in [2.45, 2.75) is 51.6 Å². The first kappa shape index (κ1) is 32.1. The van der Waals surface area contributed by atoms with Crippen LogP contribution in [0, 0.1) is 23.7 Å². The van der Waals surface area contributed by atoms with Crippen LogP contribution in [-0.2, 0) is 13.1 Å². The summed E-state index contributed by atoms with van der Waals surface area (Å²) in [5, 5.41) is 0. The summed E-state index contributed by atoms with van der Waals surface area (Å²) in [5.41, 5.74) is 2.75. The van der Waals surface area contributed by atoms with Crippen LogP contribution in [0.1, 0.15) is 49.7 Å². The first-order valence-corrected chi connectivity index (χ1v) is 12.0. The normalized spacial score (nSPS) is 10.6. The van der Waals surface area contributed by atoms with Crippen molar-refractivity contribution in [3.05, 3.63) is 71.8 Å². The Morgan fingerprint density at radius 1 is 0.500 bits per heavy atom. The number of benzene rings is 2. The number of hydrogen-bond donors (Lipinski definition) is 0. The summed E-state index contributed by atoms with van der Waals surface area (Å²) in [6, 6.07) is 21.4. The zero-order valence-corrected chi connectivity index (χ0v) is 23.0. The predicted molar refractivity (Wildman–Crippen MR) is 137 cm³/mol. The van der Waals surface area contributed by atoms with Gasteiger partial charge in [-0.15, -0.1) is 0 Å². The van der Waals surface area contributed by atoms with Gasteiger partial charge in [0.25, 0.3) is 0 Å². The zero-order chi connectivity index (χ0) is 23.1. The van der Waals surface area contributed by atoms with E-state index in [-0.39, 0.29) is 24.8 Å². The summed E-state index contributed by atoms with van der Waals surface area (Å²) < 4.78 is 1.83. The molecule has 0 heterocycles. The van der Waals surface area contributed by atoms with Crippen LogP contribution in [0.3, 0.4) is 0 Å². The minimum Gasteiger partial charge on any atom is -1.00 e. The van der Waals surface area contributed by atoms with Crippen molar-refractivity contribution >= 4 is 0 Å². The van der Waals surface area contributed by atoms with Crippen molar-refractivity contribution in [1.82, 2.24) is 0 Å². The van der Waals surface area contributed by atoms with Crippen LogP contribution in [0.15, 0.2) is 60.7 Å². The highest BCUT2D eigenvalue weighted by molar-refractivity contribution is 5.14. The second-order valence-electron chi connectivity index (χ2n) is 10.1. The van der Waals surface area contributed by atoms with Gasteiger partial charge < -0.3 is 33.8 Å². The fourth-order valence-corrected chi connectivity index (χ4v) is 3.76. The van der Waals surface area contributed by atoms with E-state index in [1.54, 1.807) is 0 Å². The zero-order valence-electron chi connectivity index (χ0n) is 21.5. The molecule has 4 heteroatoms. The Hall–Kier alpha value is -1.94. The van der Waals surface area contributed by atoms with Gasteiger partial charge in [-0.2, -0.15) is 0 Å². The van der Waals surface area contributed by atoms with Gasteiger partial charge >= 0.3 is 0 Å². The van der Waals surface area contributed by atoms with Crippen molar-refractivity contribution in [3.63, 3.8) is 0 Å². The molecule has 0 saturated carbocycles. The topological polar surface area (TPSA) is 0 Å². The minimum atomic E-state index is 0. The monoisotopic (exact) mass is 500 g/mol. The Kier molecular flexibility index (Phi) is 16.5. The van der Waals surface area contributed by atoms with Gasteiger partial charge in [-0.1, -0.05) is 85.3 Å². The molecule has 0 radical (unpaired) electrons. The standard InChI is InChI=1S/C30H42N2.2ClH/c1-31(2,27-29-21-15-13-16-22-29)25-19-11-9-7-5-6-8-10-12-20-26-32(3,4)28-30-23-17-14-18-24-30;;/h13-18,21-24H,5-10,25-28H2,1-4H3;2*1H/q+2;;/p-2. The maximum absolute atomic E-state index is 3.39. The maximum Gasteiger partial charge on any atom is 0.140 e. The first-order chi connectivity index (χ1) is 15.4. The van der Waals surface area contributed by atoms with Crippen LogP contribution >= 0.6 is 0 Å². The highest BCUT2D eigenvalue weighted by atomic mass is 35.5. The molecule has 0 fully saturated rings. The predicted octanol–water partition coefficient (Wildman–Crippen LogP) is -0.105. The summed E-state index contributed by atoms with van der Waals surface area (Å²) >= 11 is 0. The van der Waals surface area contributed by atoms with E-state index in [4.69, 9.17) is 0 Å². The first-order valence-electron chi connectivity index (χ1n) is 12.0. The Balaban J connectivity index is 0.00000544. The molecule has 0 aliphatic rings. The highest BCUT2D eigenvalue weighted by Gasteiger charge is 2.14. The van der Waals surface area contributed by atoms with Crippen molar-refractivity contribution in [1.29, 1.82) is 0 Å². The maximum atomic E-state index is 3.39. The largest absolute Gasteiger partial charge is 1.00 e. The van der Waals surface area contributed by atoms with E-state index < -0.39 is 0 Å². The van der Waals surface area contributed by atoms with Gasteiger partial charge in [-0.25, -0.2) is 0 Å². The highest BCUT2D eigenvalue weighted by Crippen LogP contribution is 2.10. The third-order valence-corrected chi connectivity index (χ3v) is 5.52. The van der Waals surface area contributed by atoms with Crippen LogP contribution in [0.5, 0.6) is 0 Å². The molecular formula is C30H42Cl2N2. The SMILES string of the molecule is C[N+](C)(CC#CCCCCCCC#CC[N+](C)(C)Cc1ccccc1)Cc1ccccc1.[Cl-].[Cl-]. The summed E-state index contributed by atoms with van der Waals surface area (Å²) in [6.07, 6.45) is 6.95. The molecule has 0 N–H and O–H groups in total. The lowest BCUT2D eigenvalue weighted by molar-refractivity contribution is -0.896. The molecule has 2 nitrogen and oxygen atoms in total. The van der Waals surface area contributed by atoms with Gasteiger partial charge in [0.1, 0.15) is 26.2 Å². The summed E-state index contributed by atoms with van der Waals surface area (Å²) in [5.74, 6) is 13.5. The molecule has 2 aromatic rings. The van der Waals surface area contributed by atoms with Crippen LogP contribution in [0.25, 0.3) is 0 Å². The second kappa shape index (κ2) is 17.5. The molecule has 0 saturated heterocycles. The Morgan fingerprint density at radius 2 is 0.853 bits per heavy atom. The van der Waals surface area contributed by atoms with Gasteiger partial charge in [-0.05, 0) is 24.7 Å². The Morgan fingerprint density at radius 3 is 1.21 bits per heavy atom. The molecule has 2 aromatic carbocycles. The average Bonchev–Trinajstić information content (AvgIpc) is 2.75. The van der Waals surface area contributed by atoms with E-state index in [9.17, 15) is 0 Å². The lowest BCUT2D eigenvalue weighted by Gasteiger charge is -2.27. The number of unbranched alkanes of at least 4 members (excludes halogenated alkanes) is 5. The Labute approximate surface area is 221 Å². The van der Waals surface area contributed by atoms with Crippen molar-refractivity contribution in [3.8, 4) is 23.7 Å². The molecule has 0 amide bonds. The van der Waals surface area contributed by atoms with Crippen LogP contribution < -0.4 is 24.8 Å². The fraction of sp³-hybridized carbons (Fsp3) is 0.467. The van der Waals surface area contributed by atoms with Gasteiger partial charge in [0.05, 0.1) is 28.2 Å². The second-order valence-corrected chi connectivity index (χ2v) is 10.1. The molecule has 0 unspecified atom stereocenters. The molecule has 0 bridgehead atoms. The average molecular weight is 502 g/mol. The molecule has 34 heavy (non-hydrogen) atoms. The Bertz CT molecular complexity index is 823. The van der Waals surface area contributed by atoms with Gasteiger partial charge in [-0.3, -0.25) is 0 Å². The molecule has 0 spiro atoms. The fourth-order valence-electron chi connectivity index (χ4n) is 3.76. The number of nitrogens with zero attached hydrogens (tertiary/aromatic N) is 2. The third-order valence-electron chi connectivity index (χ3n) is 5.52. The molecule has 0 aliphatic carbocycles. The van der Waals surface area contributed by atoms with Gasteiger partial charge in [0.15, 0.2) is 0 Å². The summed E-state index contributed by atoms with van der Waals surface area (Å²) in [7, 11) is 9.02. The molecule has 0 atom stereocenters. The molecule has 2 rings (SSSR count). The minimum absolute atomic E-state index is 0. The van der Waals surface area contributed by atoms with E-state index in [1.165, 1.54) is 36.8 Å². The van der Waals surface area contributed by atoms with Crippen molar-refractivity contribution in [2.75, 3.05) is 41.3 Å². The van der Waals surface area contributed by atoms with E-state index in [2.05, 4.69) is 113 Å². The smallest absolute Gasteiger partial charge is 0.140 e. The van der Waals surface area contributed by atoms with Gasteiger partial charge in [0, 0.05) is 24.0 Å². The number of quaternary nitrogens is 2. The van der Waals surface area contributed by atoms with E-state index >= 15 is 0 Å². The summed E-state index contributed by atoms with van der Waals surface area (Å²) in [6.45, 7) is 3.87. The van der Waals surface area contributed by atoms with Crippen LogP contribution in [0.4, 0.5) is 0 Å². The molecule has 0 aliphatic heterocycles. The van der Waals surface area contributed by atoms with Crippen LogP contribution in [0.2, 0.25) is 0 Å². The van der Waals surface area contributed by atoms with Gasteiger partial charge in [0.2, 0.25) is 0 Å². The number of rotatable bonds is 11. The van der Waals surface area contributed by atoms with Crippen molar-refractivity contribution in [2.24, 2.45) is 0 Å². The third kappa shape index (κ3) is 15.1. The lowest BCUT2D eigenvalue weighted by Crippen LogP contribution is -3.00. The quantitative estimate of drug-likeness (QED) is 0.229. The summed E-state index contributed by atoms with van der Waals surface area (Å²) in [4.78, 5) is 0.